The number of amides is 2. The summed E-state index contributed by atoms with van der Waals surface area (Å²) in [6.45, 7) is 2.76. The van der Waals surface area contributed by atoms with Gasteiger partial charge in [0, 0.05) is 56.7 Å². The summed E-state index contributed by atoms with van der Waals surface area (Å²) < 4.78 is 0. The average molecular weight is 490 g/mol. The van der Waals surface area contributed by atoms with E-state index in [1.165, 1.54) is 18.4 Å². The molecular formula is C30H39N3O3. The Kier molecular flexibility index (Phi) is 7.44. The maximum atomic E-state index is 13.3. The first-order valence-corrected chi connectivity index (χ1v) is 13.6. The van der Waals surface area contributed by atoms with E-state index in [1.54, 1.807) is 19.0 Å². The van der Waals surface area contributed by atoms with E-state index in [9.17, 15) is 14.7 Å². The lowest BCUT2D eigenvalue weighted by Gasteiger charge is -2.57. The molecule has 36 heavy (non-hydrogen) atoms. The van der Waals surface area contributed by atoms with Gasteiger partial charge in [0.1, 0.15) is 0 Å². The molecule has 3 fully saturated rings. The van der Waals surface area contributed by atoms with E-state index >= 15 is 0 Å². The van der Waals surface area contributed by atoms with Gasteiger partial charge >= 0.3 is 0 Å². The zero-order valence-electron chi connectivity index (χ0n) is 21.6. The first-order valence-electron chi connectivity index (χ1n) is 13.6. The van der Waals surface area contributed by atoms with Gasteiger partial charge in [-0.15, -0.1) is 0 Å². The summed E-state index contributed by atoms with van der Waals surface area (Å²) in [5.41, 5.74) is 4.09. The largest absolute Gasteiger partial charge is 0.395 e. The Balaban J connectivity index is 1.33. The maximum Gasteiger partial charge on any atom is 0.253 e. The molecule has 6 heteroatoms. The van der Waals surface area contributed by atoms with Crippen molar-refractivity contribution >= 4 is 11.8 Å². The van der Waals surface area contributed by atoms with Gasteiger partial charge in [0.25, 0.3) is 5.91 Å². The Bertz CT molecular complexity index is 1060. The lowest BCUT2D eigenvalue weighted by atomic mass is 9.74. The standard InChI is InChI=1S/C30H39N3O3/c1-31(2)29(35)25-15-11-22(12-16-25)21-9-13-23(14-10-21)28-26-19-32(30(36)24-7-3-4-8-24)17-5-6-18-33(26)27(28)20-34/h9-16,24,26-28,34H,3-8,17-20H2,1-2H3/t26-,27-,28+/m0/s1. The van der Waals surface area contributed by atoms with E-state index < -0.39 is 0 Å². The molecule has 3 aliphatic rings. The predicted molar refractivity (Wildman–Crippen MR) is 142 cm³/mol. The molecule has 2 aromatic carbocycles. The number of carbonyl (C=O) groups is 2. The van der Waals surface area contributed by atoms with Gasteiger partial charge < -0.3 is 14.9 Å². The van der Waals surface area contributed by atoms with E-state index in [2.05, 4.69) is 34.1 Å². The number of hydrogen-bond donors (Lipinski definition) is 1. The summed E-state index contributed by atoms with van der Waals surface area (Å²) in [6, 6.07) is 16.8. The fourth-order valence-electron chi connectivity index (χ4n) is 6.53. The van der Waals surface area contributed by atoms with Gasteiger partial charge in [0.05, 0.1) is 6.61 Å². The fraction of sp³-hybridized carbons (Fsp3) is 0.533. The minimum Gasteiger partial charge on any atom is -0.395 e. The van der Waals surface area contributed by atoms with Crippen molar-refractivity contribution in [3.63, 3.8) is 0 Å². The number of aliphatic hydroxyl groups is 1. The van der Waals surface area contributed by atoms with Gasteiger partial charge in [-0.3, -0.25) is 14.5 Å². The van der Waals surface area contributed by atoms with Crippen molar-refractivity contribution in [2.45, 2.75) is 56.5 Å². The molecule has 2 heterocycles. The molecule has 2 aromatic rings. The second-order valence-electron chi connectivity index (χ2n) is 11.0. The fourth-order valence-corrected chi connectivity index (χ4v) is 6.53. The van der Waals surface area contributed by atoms with Gasteiger partial charge in [0.15, 0.2) is 0 Å². The van der Waals surface area contributed by atoms with Crippen molar-refractivity contribution < 1.29 is 14.7 Å². The third-order valence-electron chi connectivity index (χ3n) is 8.55. The summed E-state index contributed by atoms with van der Waals surface area (Å²) in [7, 11) is 3.52. The van der Waals surface area contributed by atoms with Crippen LogP contribution in [0.1, 0.15) is 60.4 Å². The summed E-state index contributed by atoms with van der Waals surface area (Å²) >= 11 is 0. The van der Waals surface area contributed by atoms with Crippen LogP contribution in [-0.4, -0.2) is 84.0 Å². The average Bonchev–Trinajstić information content (AvgIpc) is 3.42. The second-order valence-corrected chi connectivity index (χ2v) is 11.0. The monoisotopic (exact) mass is 489 g/mol. The van der Waals surface area contributed by atoms with Gasteiger partial charge in [-0.1, -0.05) is 49.2 Å². The smallest absolute Gasteiger partial charge is 0.253 e. The van der Waals surface area contributed by atoms with Crippen LogP contribution >= 0.6 is 0 Å². The van der Waals surface area contributed by atoms with Crippen LogP contribution in [0.15, 0.2) is 48.5 Å². The molecule has 0 radical (unpaired) electrons. The Labute approximate surface area is 214 Å². The number of aliphatic hydroxyl groups excluding tert-OH is 1. The highest BCUT2D eigenvalue weighted by Crippen LogP contribution is 2.42. The molecule has 2 saturated heterocycles. The summed E-state index contributed by atoms with van der Waals surface area (Å²) in [6.07, 6.45) is 6.54. The first-order chi connectivity index (χ1) is 17.5. The molecular weight excluding hydrogens is 450 g/mol. The minimum atomic E-state index is 0.00105. The van der Waals surface area contributed by atoms with E-state index in [1.807, 2.05) is 24.3 Å². The van der Waals surface area contributed by atoms with Crippen molar-refractivity contribution in [2.75, 3.05) is 40.3 Å². The molecule has 0 aromatic heterocycles. The van der Waals surface area contributed by atoms with E-state index in [4.69, 9.17) is 0 Å². The molecule has 192 valence electrons. The highest BCUT2D eigenvalue weighted by atomic mass is 16.3. The van der Waals surface area contributed by atoms with Crippen LogP contribution in [0.5, 0.6) is 0 Å². The Hall–Kier alpha value is -2.70. The molecule has 1 aliphatic carbocycles. The number of nitrogens with zero attached hydrogens (tertiary/aromatic N) is 3. The zero-order chi connectivity index (χ0) is 25.2. The van der Waals surface area contributed by atoms with Gasteiger partial charge in [-0.05, 0) is 61.1 Å². The van der Waals surface area contributed by atoms with Crippen molar-refractivity contribution in [1.29, 1.82) is 0 Å². The zero-order valence-corrected chi connectivity index (χ0v) is 21.6. The van der Waals surface area contributed by atoms with Crippen LogP contribution in [0, 0.1) is 5.92 Å². The molecule has 0 unspecified atom stereocenters. The number of hydrogen-bond acceptors (Lipinski definition) is 4. The van der Waals surface area contributed by atoms with Crippen LogP contribution in [0.4, 0.5) is 0 Å². The van der Waals surface area contributed by atoms with E-state index in [0.717, 1.165) is 56.4 Å². The van der Waals surface area contributed by atoms with Crippen LogP contribution in [-0.2, 0) is 4.79 Å². The van der Waals surface area contributed by atoms with Crippen molar-refractivity contribution in [1.82, 2.24) is 14.7 Å². The predicted octanol–water partition coefficient (Wildman–Crippen LogP) is 4.00. The minimum absolute atomic E-state index is 0.00105. The van der Waals surface area contributed by atoms with E-state index in [0.29, 0.717) is 11.5 Å². The van der Waals surface area contributed by atoms with Gasteiger partial charge in [-0.2, -0.15) is 0 Å². The quantitative estimate of drug-likeness (QED) is 0.690. The molecule has 1 saturated carbocycles. The SMILES string of the molecule is CN(C)C(=O)c1ccc(-c2ccc([C@H]3[C@H](CO)N4CCCCN(C(=O)C5CCCC5)C[C@@H]34)cc2)cc1. The lowest BCUT2D eigenvalue weighted by Crippen LogP contribution is -2.68. The van der Waals surface area contributed by atoms with Crippen LogP contribution in [0.3, 0.4) is 0 Å². The molecule has 5 rings (SSSR count). The van der Waals surface area contributed by atoms with Crippen molar-refractivity contribution in [3.05, 3.63) is 59.7 Å². The highest BCUT2D eigenvalue weighted by Gasteiger charge is 2.49. The molecule has 2 aliphatic heterocycles. The van der Waals surface area contributed by atoms with Gasteiger partial charge in [0.2, 0.25) is 5.91 Å². The molecule has 3 atom stereocenters. The molecule has 6 nitrogen and oxygen atoms in total. The third kappa shape index (κ3) is 4.81. The van der Waals surface area contributed by atoms with Crippen LogP contribution < -0.4 is 0 Å². The molecule has 0 spiro atoms. The lowest BCUT2D eigenvalue weighted by molar-refractivity contribution is -0.140. The van der Waals surface area contributed by atoms with Crippen molar-refractivity contribution in [3.8, 4) is 11.1 Å². The number of carbonyl (C=O) groups excluding carboxylic acids is 2. The summed E-state index contributed by atoms with van der Waals surface area (Å²) in [5.74, 6) is 0.790. The van der Waals surface area contributed by atoms with E-state index in [-0.39, 0.29) is 36.4 Å². The number of fused-ring (bicyclic) bond motifs is 1. The third-order valence-corrected chi connectivity index (χ3v) is 8.55. The normalized spacial score (nSPS) is 25.0. The number of rotatable bonds is 5. The van der Waals surface area contributed by atoms with Crippen LogP contribution in [0.25, 0.3) is 11.1 Å². The molecule has 2 amide bonds. The van der Waals surface area contributed by atoms with Crippen molar-refractivity contribution in [2.24, 2.45) is 5.92 Å². The molecule has 0 bridgehead atoms. The van der Waals surface area contributed by atoms with Gasteiger partial charge in [-0.25, -0.2) is 0 Å². The molecule has 1 N–H and O–H groups in total. The second kappa shape index (κ2) is 10.7. The summed E-state index contributed by atoms with van der Waals surface area (Å²) in [4.78, 5) is 31.6. The Morgan fingerprint density at radius 2 is 1.50 bits per heavy atom. The Morgan fingerprint density at radius 3 is 2.11 bits per heavy atom. The first kappa shape index (κ1) is 25.0. The number of benzene rings is 2. The highest BCUT2D eigenvalue weighted by molar-refractivity contribution is 5.94. The summed E-state index contributed by atoms with van der Waals surface area (Å²) in [5, 5.41) is 10.3. The Morgan fingerprint density at radius 1 is 0.889 bits per heavy atom. The topological polar surface area (TPSA) is 64.1 Å². The maximum absolute atomic E-state index is 13.3. The van der Waals surface area contributed by atoms with Crippen LogP contribution in [0.2, 0.25) is 0 Å².